The quantitative estimate of drug-likeness (QED) is 0.326. The lowest BCUT2D eigenvalue weighted by Gasteiger charge is -2.21. The molecule has 0 fully saturated rings. The van der Waals surface area contributed by atoms with Crippen molar-refractivity contribution in [2.24, 2.45) is 5.73 Å². The predicted octanol–water partition coefficient (Wildman–Crippen LogP) is 4.64. The number of unbranched alkanes of at least 4 members (excludes halogenated alkanes) is 13. The summed E-state index contributed by atoms with van der Waals surface area (Å²) in [4.78, 5) is 10.9. The second-order valence-corrected chi connectivity index (χ2v) is 7.13. The van der Waals surface area contributed by atoms with Crippen LogP contribution in [0.5, 0.6) is 0 Å². The maximum atomic E-state index is 10.9. The molecule has 0 saturated heterocycles. The molecule has 0 aliphatic carbocycles. The predicted molar refractivity (Wildman–Crippen MR) is 95.5 cm³/mol. The molecule has 0 saturated carbocycles. The Morgan fingerprint density at radius 3 is 1.48 bits per heavy atom. The zero-order valence-electron chi connectivity index (χ0n) is 14.8. The minimum atomic E-state index is -2.54. The van der Waals surface area contributed by atoms with Crippen LogP contribution in [0.3, 0.4) is 0 Å². The molecule has 0 aromatic rings. The van der Waals surface area contributed by atoms with Crippen LogP contribution in [-0.2, 0) is 11.3 Å². The largest absolute Gasteiger partial charge is 0.755 e. The van der Waals surface area contributed by atoms with Gasteiger partial charge in [0.15, 0.2) is 0 Å². The van der Waals surface area contributed by atoms with Crippen molar-refractivity contribution in [3.8, 4) is 0 Å². The number of carbonyl (C=O) groups is 1. The van der Waals surface area contributed by atoms with Crippen LogP contribution < -0.4 is 5.73 Å². The molecule has 1 unspecified atom stereocenters. The topological polar surface area (TPSA) is 86.5 Å². The minimum absolute atomic E-state index is 0.198. The van der Waals surface area contributed by atoms with Gasteiger partial charge in [0.2, 0.25) is 0 Å². The monoisotopic (exact) mass is 347 g/mol. The Labute approximate surface area is 144 Å². The summed E-state index contributed by atoms with van der Waals surface area (Å²) in [6.07, 6.45) is 17.4. The van der Waals surface area contributed by atoms with Gasteiger partial charge in [0.05, 0.1) is 11.3 Å². The molecule has 1 atom stereocenters. The summed E-state index contributed by atoms with van der Waals surface area (Å²) in [5.41, 5.74) is 4.99. The van der Waals surface area contributed by atoms with E-state index in [4.69, 9.17) is 5.73 Å². The number of urea groups is 1. The number of amides is 2. The van der Waals surface area contributed by atoms with Crippen LogP contribution in [0, 0.1) is 0 Å². The smallest absolute Gasteiger partial charge is 0.325 e. The summed E-state index contributed by atoms with van der Waals surface area (Å²) >= 11 is -2.54. The highest BCUT2D eigenvalue weighted by Crippen LogP contribution is 2.13. The van der Waals surface area contributed by atoms with E-state index in [-0.39, 0.29) is 6.54 Å². The molecule has 0 spiro atoms. The molecule has 23 heavy (non-hydrogen) atoms. The summed E-state index contributed by atoms with van der Waals surface area (Å²) in [5.74, 6) is 0. The van der Waals surface area contributed by atoms with E-state index in [0.29, 0.717) is 10.7 Å². The van der Waals surface area contributed by atoms with Gasteiger partial charge in [-0.3, -0.25) is 8.51 Å². The van der Waals surface area contributed by atoms with Crippen LogP contribution in [0.4, 0.5) is 4.79 Å². The fraction of sp³-hybridized carbons (Fsp3) is 0.941. The molecular weight excluding hydrogens is 312 g/mol. The Morgan fingerprint density at radius 1 is 0.826 bits per heavy atom. The van der Waals surface area contributed by atoms with Crippen molar-refractivity contribution in [3.05, 3.63) is 0 Å². The molecule has 0 aromatic carbocycles. The number of hydrogen-bond donors (Lipinski definition) is 1. The van der Waals surface area contributed by atoms with Crippen LogP contribution in [-0.4, -0.2) is 25.6 Å². The van der Waals surface area contributed by atoms with Crippen molar-refractivity contribution in [2.75, 3.05) is 6.54 Å². The molecule has 6 heteroatoms. The van der Waals surface area contributed by atoms with Gasteiger partial charge in [0.25, 0.3) is 0 Å². The fourth-order valence-electron chi connectivity index (χ4n) is 2.71. The summed E-state index contributed by atoms with van der Waals surface area (Å²) in [7, 11) is 0. The number of primary amides is 1. The zero-order chi connectivity index (χ0) is 17.3. The standard InChI is InChI=1S/C17H36N2O3S/c1-2-3-4-5-6-7-8-9-10-11-12-13-14-15-16-19(17(18)20)23(21)22/h2-16H2,1H3,(H2,18,20)(H,21,22)/p-1. The molecule has 5 nitrogen and oxygen atoms in total. The maximum Gasteiger partial charge on any atom is 0.325 e. The lowest BCUT2D eigenvalue weighted by atomic mass is 10.0. The van der Waals surface area contributed by atoms with Crippen molar-refractivity contribution in [2.45, 2.75) is 96.8 Å². The Morgan fingerprint density at radius 2 is 1.17 bits per heavy atom. The summed E-state index contributed by atoms with van der Waals surface area (Å²) < 4.78 is 22.1. The lowest BCUT2D eigenvalue weighted by Crippen LogP contribution is -2.37. The number of carbonyl (C=O) groups excluding carboxylic acids is 1. The Kier molecular flexibility index (Phi) is 15.8. The summed E-state index contributed by atoms with van der Waals surface area (Å²) in [5, 5.41) is 0. The molecule has 138 valence electrons. The number of nitrogens with two attached hydrogens (primary N) is 1. The molecule has 0 aromatic heterocycles. The lowest BCUT2D eigenvalue weighted by molar-refractivity contribution is 0.230. The van der Waals surface area contributed by atoms with E-state index < -0.39 is 17.3 Å². The third kappa shape index (κ3) is 14.7. The Bertz CT molecular complexity index is 300. The van der Waals surface area contributed by atoms with Gasteiger partial charge in [-0.15, -0.1) is 0 Å². The molecule has 0 heterocycles. The van der Waals surface area contributed by atoms with E-state index in [2.05, 4.69) is 6.92 Å². The van der Waals surface area contributed by atoms with E-state index in [1.807, 2.05) is 0 Å². The first-order valence-electron chi connectivity index (χ1n) is 9.26. The Balaban J connectivity index is 3.24. The molecule has 0 rings (SSSR count). The first kappa shape index (κ1) is 22.4. The Hall–Kier alpha value is -0.620. The van der Waals surface area contributed by atoms with Crippen molar-refractivity contribution in [1.29, 1.82) is 0 Å². The van der Waals surface area contributed by atoms with Crippen molar-refractivity contribution < 1.29 is 13.6 Å². The first-order valence-corrected chi connectivity index (χ1v) is 10.3. The van der Waals surface area contributed by atoms with Crippen LogP contribution in [0.15, 0.2) is 0 Å². The number of hydrogen-bond acceptors (Lipinski definition) is 3. The molecule has 0 aliphatic rings. The second kappa shape index (κ2) is 16.2. The average Bonchev–Trinajstić information content (AvgIpc) is 2.50. The average molecular weight is 348 g/mol. The van der Waals surface area contributed by atoms with Crippen molar-refractivity contribution in [3.63, 3.8) is 0 Å². The van der Waals surface area contributed by atoms with Gasteiger partial charge in [0, 0.05) is 6.54 Å². The fourth-order valence-corrected chi connectivity index (χ4v) is 3.13. The van der Waals surface area contributed by atoms with E-state index in [1.54, 1.807) is 0 Å². The van der Waals surface area contributed by atoms with Gasteiger partial charge in [-0.1, -0.05) is 90.4 Å². The van der Waals surface area contributed by atoms with E-state index in [1.165, 1.54) is 70.6 Å². The maximum absolute atomic E-state index is 10.9. The van der Waals surface area contributed by atoms with Gasteiger partial charge < -0.3 is 10.3 Å². The minimum Gasteiger partial charge on any atom is -0.755 e. The molecular formula is C17H35N2O3S-. The normalized spacial score (nSPS) is 12.3. The van der Waals surface area contributed by atoms with Crippen LogP contribution in [0.2, 0.25) is 0 Å². The zero-order valence-corrected chi connectivity index (χ0v) is 15.6. The molecule has 0 aliphatic heterocycles. The van der Waals surface area contributed by atoms with E-state index in [9.17, 15) is 13.6 Å². The third-order valence-electron chi connectivity index (χ3n) is 4.14. The molecule has 0 bridgehead atoms. The van der Waals surface area contributed by atoms with Crippen LogP contribution in [0.1, 0.15) is 96.8 Å². The first-order chi connectivity index (χ1) is 11.1. The van der Waals surface area contributed by atoms with Gasteiger partial charge in [-0.25, -0.2) is 4.79 Å². The van der Waals surface area contributed by atoms with Crippen LogP contribution >= 0.6 is 0 Å². The highest BCUT2D eigenvalue weighted by molar-refractivity contribution is 7.77. The number of rotatable bonds is 16. The molecule has 2 amide bonds. The van der Waals surface area contributed by atoms with Crippen molar-refractivity contribution >= 4 is 17.3 Å². The van der Waals surface area contributed by atoms with E-state index >= 15 is 0 Å². The SMILES string of the molecule is CCCCCCCCCCCCCCCCN(C(N)=O)S(=O)[O-]. The third-order valence-corrected chi connectivity index (χ3v) is 4.86. The van der Waals surface area contributed by atoms with Crippen LogP contribution in [0.25, 0.3) is 0 Å². The van der Waals surface area contributed by atoms with E-state index in [0.717, 1.165) is 12.8 Å². The highest BCUT2D eigenvalue weighted by Gasteiger charge is 2.08. The molecule has 0 radical (unpaired) electrons. The molecule has 2 N–H and O–H groups in total. The number of nitrogens with zero attached hydrogens (tertiary/aromatic N) is 1. The second-order valence-electron chi connectivity index (χ2n) is 6.25. The van der Waals surface area contributed by atoms with Gasteiger partial charge in [0.1, 0.15) is 0 Å². The van der Waals surface area contributed by atoms with Crippen molar-refractivity contribution in [1.82, 2.24) is 4.31 Å². The summed E-state index contributed by atoms with van der Waals surface area (Å²) in [6, 6.07) is -0.895. The summed E-state index contributed by atoms with van der Waals surface area (Å²) in [6.45, 7) is 2.45. The van der Waals surface area contributed by atoms with Gasteiger partial charge in [-0.05, 0) is 6.42 Å². The van der Waals surface area contributed by atoms with Gasteiger partial charge >= 0.3 is 6.03 Å². The van der Waals surface area contributed by atoms with Gasteiger partial charge in [-0.2, -0.15) is 0 Å². The highest BCUT2D eigenvalue weighted by atomic mass is 32.2.